The smallest absolute Gasteiger partial charge is 0.0230 e. The Morgan fingerprint density at radius 1 is 1.13 bits per heavy atom. The van der Waals surface area contributed by atoms with E-state index in [1.807, 2.05) is 11.9 Å². The van der Waals surface area contributed by atoms with E-state index in [-0.39, 0.29) is 0 Å². The van der Waals surface area contributed by atoms with Gasteiger partial charge in [-0.15, -0.1) is 0 Å². The van der Waals surface area contributed by atoms with E-state index in [0.717, 1.165) is 0 Å². The summed E-state index contributed by atoms with van der Waals surface area (Å²) in [6.45, 7) is 9.03. The van der Waals surface area contributed by atoms with Crippen LogP contribution in [0.3, 0.4) is 0 Å². The van der Waals surface area contributed by atoms with Crippen molar-refractivity contribution in [3.05, 3.63) is 30.3 Å². The fourth-order valence-corrected chi connectivity index (χ4v) is 2.55. The lowest BCUT2D eigenvalue weighted by atomic mass is 10.2. The Morgan fingerprint density at radius 3 is 2.20 bits per heavy atom. The van der Waals surface area contributed by atoms with E-state index in [0.29, 0.717) is 12.1 Å². The molecular formula is C13H21NS. The van der Waals surface area contributed by atoms with Crippen molar-refractivity contribution < 1.29 is 0 Å². The van der Waals surface area contributed by atoms with Crippen molar-refractivity contribution in [2.45, 2.75) is 51.1 Å². The number of nitrogens with zero attached hydrogens (tertiary/aromatic N) is 1. The van der Waals surface area contributed by atoms with Crippen LogP contribution in [0.25, 0.3) is 0 Å². The molecule has 0 bridgehead atoms. The van der Waals surface area contributed by atoms with Crippen LogP contribution in [0.1, 0.15) is 34.1 Å². The molecule has 0 spiro atoms. The van der Waals surface area contributed by atoms with Crippen molar-refractivity contribution in [1.29, 1.82) is 0 Å². The lowest BCUT2D eigenvalue weighted by Gasteiger charge is -2.30. The molecule has 0 saturated carbocycles. The van der Waals surface area contributed by atoms with Crippen LogP contribution < -0.4 is 0 Å². The number of benzene rings is 1. The van der Waals surface area contributed by atoms with Crippen LogP contribution in [0, 0.1) is 0 Å². The first-order chi connectivity index (χ1) is 7.15. The van der Waals surface area contributed by atoms with Crippen LogP contribution in [0.5, 0.6) is 0 Å². The average molecular weight is 223 g/mol. The van der Waals surface area contributed by atoms with Gasteiger partial charge in [-0.2, -0.15) is 0 Å². The van der Waals surface area contributed by atoms with Gasteiger partial charge in [0.15, 0.2) is 0 Å². The molecule has 0 saturated heterocycles. The Labute approximate surface area is 98.0 Å². The van der Waals surface area contributed by atoms with Gasteiger partial charge in [-0.3, -0.25) is 0 Å². The topological polar surface area (TPSA) is 3.24 Å². The molecule has 0 radical (unpaired) electrons. The Kier molecular flexibility index (Phi) is 5.20. The van der Waals surface area contributed by atoms with Crippen molar-refractivity contribution in [2.24, 2.45) is 0 Å². The van der Waals surface area contributed by atoms with Crippen LogP contribution in [0.4, 0.5) is 0 Å². The van der Waals surface area contributed by atoms with Gasteiger partial charge in [0, 0.05) is 17.0 Å². The second kappa shape index (κ2) is 6.19. The molecule has 0 fully saturated rings. The summed E-state index contributed by atoms with van der Waals surface area (Å²) in [7, 11) is 0. The summed E-state index contributed by atoms with van der Waals surface area (Å²) in [5, 5.41) is 0. The molecule has 1 nitrogen and oxygen atoms in total. The summed E-state index contributed by atoms with van der Waals surface area (Å²) in [5.41, 5.74) is 0. The Bertz CT molecular complexity index is 271. The average Bonchev–Trinajstić information content (AvgIpc) is 2.26. The van der Waals surface area contributed by atoms with Gasteiger partial charge in [0.25, 0.3) is 0 Å². The first kappa shape index (κ1) is 12.6. The summed E-state index contributed by atoms with van der Waals surface area (Å²) in [6.07, 6.45) is 1.19. The van der Waals surface area contributed by atoms with E-state index >= 15 is 0 Å². The third-order valence-corrected chi connectivity index (χ3v) is 3.96. The molecule has 1 aromatic rings. The second-order valence-electron chi connectivity index (χ2n) is 4.12. The number of hydrogen-bond donors (Lipinski definition) is 0. The van der Waals surface area contributed by atoms with Gasteiger partial charge in [0.05, 0.1) is 0 Å². The van der Waals surface area contributed by atoms with Crippen molar-refractivity contribution in [2.75, 3.05) is 0 Å². The normalized spacial score (nSPS) is 13.5. The molecule has 0 aliphatic heterocycles. The highest BCUT2D eigenvalue weighted by Crippen LogP contribution is 2.27. The zero-order valence-electron chi connectivity index (χ0n) is 10.1. The predicted octanol–water partition coefficient (Wildman–Crippen LogP) is 4.20. The van der Waals surface area contributed by atoms with E-state index < -0.39 is 0 Å². The molecule has 1 unspecified atom stereocenters. The van der Waals surface area contributed by atoms with Crippen molar-refractivity contribution >= 4 is 11.9 Å². The molecule has 0 amide bonds. The number of hydrogen-bond acceptors (Lipinski definition) is 2. The predicted molar refractivity (Wildman–Crippen MR) is 69.0 cm³/mol. The minimum Gasteiger partial charge on any atom is -0.241 e. The third kappa shape index (κ3) is 3.88. The van der Waals surface area contributed by atoms with E-state index in [1.165, 1.54) is 11.3 Å². The van der Waals surface area contributed by atoms with Crippen LogP contribution in [0.15, 0.2) is 35.2 Å². The highest BCUT2D eigenvalue weighted by atomic mass is 32.2. The standard InChI is InChI=1S/C13H21NS/c1-5-12(4)14(11(2)3)15-13-9-7-6-8-10-13/h6-12H,5H2,1-4H3. The molecular weight excluding hydrogens is 202 g/mol. The van der Waals surface area contributed by atoms with Gasteiger partial charge in [-0.25, -0.2) is 4.31 Å². The SMILES string of the molecule is CCC(C)N(Sc1ccccc1)C(C)C. The summed E-state index contributed by atoms with van der Waals surface area (Å²) < 4.78 is 2.47. The first-order valence-corrected chi connectivity index (χ1v) is 6.43. The summed E-state index contributed by atoms with van der Waals surface area (Å²) in [4.78, 5) is 1.33. The van der Waals surface area contributed by atoms with Gasteiger partial charge in [-0.05, 0) is 51.3 Å². The van der Waals surface area contributed by atoms with Crippen LogP contribution in [-0.4, -0.2) is 16.4 Å². The first-order valence-electron chi connectivity index (χ1n) is 5.66. The van der Waals surface area contributed by atoms with E-state index in [1.54, 1.807) is 0 Å². The molecule has 1 rings (SSSR count). The van der Waals surface area contributed by atoms with E-state index in [2.05, 4.69) is 62.3 Å². The zero-order chi connectivity index (χ0) is 11.3. The lowest BCUT2D eigenvalue weighted by Crippen LogP contribution is -2.32. The largest absolute Gasteiger partial charge is 0.241 e. The van der Waals surface area contributed by atoms with Gasteiger partial charge < -0.3 is 0 Å². The molecule has 0 aliphatic rings. The lowest BCUT2D eigenvalue weighted by molar-refractivity contribution is 0.311. The van der Waals surface area contributed by atoms with Crippen molar-refractivity contribution in [1.82, 2.24) is 4.31 Å². The minimum absolute atomic E-state index is 0.574. The van der Waals surface area contributed by atoms with Crippen LogP contribution in [-0.2, 0) is 0 Å². The second-order valence-corrected chi connectivity index (χ2v) is 5.19. The Balaban J connectivity index is 2.67. The molecule has 1 aromatic carbocycles. The van der Waals surface area contributed by atoms with Gasteiger partial charge >= 0.3 is 0 Å². The summed E-state index contributed by atoms with van der Waals surface area (Å²) in [6, 6.07) is 11.8. The highest BCUT2D eigenvalue weighted by Gasteiger charge is 2.16. The fraction of sp³-hybridized carbons (Fsp3) is 0.538. The minimum atomic E-state index is 0.574. The molecule has 0 N–H and O–H groups in total. The maximum absolute atomic E-state index is 2.47. The molecule has 0 aromatic heterocycles. The Morgan fingerprint density at radius 2 is 1.73 bits per heavy atom. The zero-order valence-corrected chi connectivity index (χ0v) is 10.9. The van der Waals surface area contributed by atoms with Gasteiger partial charge in [0.1, 0.15) is 0 Å². The fourth-order valence-electron chi connectivity index (χ4n) is 1.49. The molecule has 15 heavy (non-hydrogen) atoms. The molecule has 0 heterocycles. The third-order valence-electron chi connectivity index (χ3n) is 2.49. The van der Waals surface area contributed by atoms with Crippen LogP contribution >= 0.6 is 11.9 Å². The number of rotatable bonds is 5. The monoisotopic (exact) mass is 223 g/mol. The van der Waals surface area contributed by atoms with Crippen molar-refractivity contribution in [3.8, 4) is 0 Å². The maximum atomic E-state index is 2.47. The van der Waals surface area contributed by atoms with Crippen molar-refractivity contribution in [3.63, 3.8) is 0 Å². The molecule has 1 atom stereocenters. The van der Waals surface area contributed by atoms with E-state index in [4.69, 9.17) is 0 Å². The van der Waals surface area contributed by atoms with Crippen LogP contribution in [0.2, 0.25) is 0 Å². The summed E-state index contributed by atoms with van der Waals surface area (Å²) in [5.74, 6) is 0. The molecule has 2 heteroatoms. The summed E-state index contributed by atoms with van der Waals surface area (Å²) >= 11 is 1.86. The quantitative estimate of drug-likeness (QED) is 0.688. The van der Waals surface area contributed by atoms with Gasteiger partial charge in [0.2, 0.25) is 0 Å². The maximum Gasteiger partial charge on any atom is 0.0230 e. The molecule has 84 valence electrons. The van der Waals surface area contributed by atoms with Gasteiger partial charge in [-0.1, -0.05) is 25.1 Å². The Hall–Kier alpha value is -0.470. The molecule has 0 aliphatic carbocycles. The highest BCUT2D eigenvalue weighted by molar-refractivity contribution is 7.97. The van der Waals surface area contributed by atoms with E-state index in [9.17, 15) is 0 Å².